The first-order chi connectivity index (χ1) is 32.6. The lowest BCUT2D eigenvalue weighted by Crippen LogP contribution is -2.44. The number of rotatable bonds is 52. The largest absolute Gasteiger partial charge is 0.545 e. The van der Waals surface area contributed by atoms with E-state index in [2.05, 4.69) is 50.3 Å². The molecule has 67 heavy (non-hydrogen) atoms. The van der Waals surface area contributed by atoms with Crippen LogP contribution in [0.25, 0.3) is 0 Å². The maximum absolute atomic E-state index is 12.8. The molecule has 0 radical (unpaired) electrons. The molecule has 0 aliphatic heterocycles. The Balaban J connectivity index is 4.20. The lowest BCUT2D eigenvalue weighted by Gasteiger charge is -2.26. The minimum Gasteiger partial charge on any atom is -0.545 e. The Morgan fingerprint density at radius 3 is 1.19 bits per heavy atom. The number of quaternary nitrogens is 1. The number of likely N-dealkylation sites (N-methyl/N-ethyl adjacent to an activating group) is 1. The molecule has 9 heteroatoms. The third-order valence-electron chi connectivity index (χ3n) is 12.4. The fourth-order valence-corrected chi connectivity index (χ4v) is 7.97. The molecule has 0 aromatic heterocycles. The molecule has 0 spiro atoms. The molecule has 0 saturated heterocycles. The summed E-state index contributed by atoms with van der Waals surface area (Å²) in [6.45, 7) is 4.75. The van der Waals surface area contributed by atoms with Gasteiger partial charge in [-0.2, -0.15) is 0 Å². The summed E-state index contributed by atoms with van der Waals surface area (Å²) in [6, 6.07) is 0. The highest BCUT2D eigenvalue weighted by Gasteiger charge is 2.22. The lowest BCUT2D eigenvalue weighted by atomic mass is 10.0. The van der Waals surface area contributed by atoms with E-state index in [1.54, 1.807) is 0 Å². The summed E-state index contributed by atoms with van der Waals surface area (Å²) in [6.07, 6.45) is 56.2. The molecule has 0 aromatic rings. The molecule has 2 unspecified atom stereocenters. The topological polar surface area (TPSA) is 111 Å². The fourth-order valence-electron chi connectivity index (χ4n) is 7.97. The predicted molar refractivity (Wildman–Crippen MR) is 279 cm³/mol. The van der Waals surface area contributed by atoms with Gasteiger partial charge in [-0.25, -0.2) is 0 Å². The van der Waals surface area contributed by atoms with Crippen LogP contribution in [0, 0.1) is 0 Å². The van der Waals surface area contributed by atoms with Gasteiger partial charge in [-0.3, -0.25) is 9.59 Å². The smallest absolute Gasteiger partial charge is 0.306 e. The Morgan fingerprint density at radius 2 is 0.806 bits per heavy atom. The van der Waals surface area contributed by atoms with E-state index in [9.17, 15) is 19.5 Å². The number of ether oxygens (including phenoxy) is 4. The van der Waals surface area contributed by atoms with Crippen LogP contribution in [0.15, 0.2) is 36.5 Å². The Labute approximate surface area is 413 Å². The maximum Gasteiger partial charge on any atom is 0.306 e. The van der Waals surface area contributed by atoms with Gasteiger partial charge in [-0.15, -0.1) is 0 Å². The van der Waals surface area contributed by atoms with Crippen molar-refractivity contribution in [1.29, 1.82) is 0 Å². The van der Waals surface area contributed by atoms with Gasteiger partial charge in [0.1, 0.15) is 13.2 Å². The molecule has 0 rings (SSSR count). The van der Waals surface area contributed by atoms with Gasteiger partial charge >= 0.3 is 11.9 Å². The van der Waals surface area contributed by atoms with Gasteiger partial charge < -0.3 is 33.3 Å². The van der Waals surface area contributed by atoms with Crippen molar-refractivity contribution in [1.82, 2.24) is 0 Å². The van der Waals surface area contributed by atoms with Crippen molar-refractivity contribution in [2.75, 3.05) is 47.5 Å². The molecule has 0 bridgehead atoms. The minimum absolute atomic E-state index is 0.147. The molecule has 0 N–H and O–H groups in total. The normalized spacial score (nSPS) is 13.0. The Morgan fingerprint density at radius 1 is 0.448 bits per heavy atom. The van der Waals surface area contributed by atoms with Gasteiger partial charge in [0.15, 0.2) is 12.4 Å². The van der Waals surface area contributed by atoms with Gasteiger partial charge in [0, 0.05) is 12.8 Å². The van der Waals surface area contributed by atoms with Crippen LogP contribution in [-0.2, 0) is 33.3 Å². The van der Waals surface area contributed by atoms with Crippen LogP contribution in [-0.4, -0.2) is 82.3 Å². The van der Waals surface area contributed by atoms with E-state index in [4.69, 9.17) is 18.9 Å². The van der Waals surface area contributed by atoms with Gasteiger partial charge in [0.2, 0.25) is 0 Å². The molecule has 0 saturated carbocycles. The molecule has 0 aromatic carbocycles. The van der Waals surface area contributed by atoms with Crippen LogP contribution in [0.2, 0.25) is 0 Å². The predicted octanol–water partition coefficient (Wildman–Crippen LogP) is 14.8. The third kappa shape index (κ3) is 51.2. The van der Waals surface area contributed by atoms with Crippen LogP contribution in [0.3, 0.4) is 0 Å². The first-order valence-electron chi connectivity index (χ1n) is 28.1. The van der Waals surface area contributed by atoms with E-state index in [0.29, 0.717) is 17.4 Å². The molecule has 2 atom stereocenters. The number of carboxylic acid groups (broad SMARTS) is 1. The zero-order valence-corrected chi connectivity index (χ0v) is 44.5. The average molecular weight is 946 g/mol. The maximum atomic E-state index is 12.8. The van der Waals surface area contributed by atoms with E-state index < -0.39 is 24.3 Å². The van der Waals surface area contributed by atoms with Gasteiger partial charge in [0.05, 0.1) is 40.3 Å². The zero-order valence-electron chi connectivity index (χ0n) is 44.5. The number of aliphatic carboxylic acids is 1. The fraction of sp³-hybridized carbons (Fsp3) is 0.845. The van der Waals surface area contributed by atoms with Gasteiger partial charge in [-0.1, -0.05) is 211 Å². The van der Waals surface area contributed by atoms with Crippen molar-refractivity contribution in [3.63, 3.8) is 0 Å². The van der Waals surface area contributed by atoms with E-state index in [1.165, 1.54) is 167 Å². The summed E-state index contributed by atoms with van der Waals surface area (Å²) >= 11 is 0. The average Bonchev–Trinajstić information content (AvgIpc) is 3.29. The second-order valence-corrected chi connectivity index (χ2v) is 20.2. The number of hydrogen-bond donors (Lipinski definition) is 0. The first-order valence-corrected chi connectivity index (χ1v) is 28.1. The quantitative estimate of drug-likeness (QED) is 0.0195. The third-order valence-corrected chi connectivity index (χ3v) is 12.4. The van der Waals surface area contributed by atoms with E-state index >= 15 is 0 Å². The van der Waals surface area contributed by atoms with Crippen LogP contribution in [0.4, 0.5) is 0 Å². The van der Waals surface area contributed by atoms with Crippen LogP contribution in [0.5, 0.6) is 0 Å². The van der Waals surface area contributed by atoms with E-state index in [0.717, 1.165) is 57.8 Å². The summed E-state index contributed by atoms with van der Waals surface area (Å²) in [5, 5.41) is 11.7. The van der Waals surface area contributed by atoms with Crippen LogP contribution >= 0.6 is 0 Å². The Kier molecular flexibility index (Phi) is 48.1. The molecule has 0 aliphatic carbocycles. The molecular formula is C58H107NO8. The SMILES string of the molecule is CCCCCCC/C=C\C/C=C\CCCCCCCCCCCCCCCCCC(=O)OC(COC(=O)CCCCCCC/C=C\CCCCCCCC)COC(OCC[N+](C)(C)C)C(=O)[O-]. The van der Waals surface area contributed by atoms with Crippen molar-refractivity contribution in [2.24, 2.45) is 0 Å². The number of carbonyl (C=O) groups is 3. The first kappa shape index (κ1) is 64.5. The number of unbranched alkanes of at least 4 members (excludes halogenated alkanes) is 31. The monoisotopic (exact) mass is 946 g/mol. The molecule has 0 heterocycles. The number of nitrogens with zero attached hydrogens (tertiary/aromatic N) is 1. The molecular weight excluding hydrogens is 839 g/mol. The highest BCUT2D eigenvalue weighted by Crippen LogP contribution is 2.16. The summed E-state index contributed by atoms with van der Waals surface area (Å²) in [5.74, 6) is -2.28. The van der Waals surface area contributed by atoms with Gasteiger partial charge in [-0.05, 0) is 70.6 Å². The van der Waals surface area contributed by atoms with E-state index in [1.807, 2.05) is 21.1 Å². The molecule has 0 aliphatic rings. The van der Waals surface area contributed by atoms with Gasteiger partial charge in [0.25, 0.3) is 0 Å². The zero-order chi connectivity index (χ0) is 49.2. The van der Waals surface area contributed by atoms with E-state index in [-0.39, 0.29) is 38.6 Å². The van der Waals surface area contributed by atoms with Crippen molar-refractivity contribution in [3.05, 3.63) is 36.5 Å². The number of carbonyl (C=O) groups excluding carboxylic acids is 3. The summed E-state index contributed by atoms with van der Waals surface area (Å²) in [5.41, 5.74) is 0. The molecule has 0 fully saturated rings. The summed E-state index contributed by atoms with van der Waals surface area (Å²) in [4.78, 5) is 37.2. The van der Waals surface area contributed by atoms with Crippen molar-refractivity contribution >= 4 is 17.9 Å². The van der Waals surface area contributed by atoms with Crippen molar-refractivity contribution < 1.29 is 42.9 Å². The summed E-state index contributed by atoms with van der Waals surface area (Å²) < 4.78 is 22.7. The standard InChI is InChI=1S/C58H107NO8/c1-6-8-10-12-14-16-18-20-22-23-24-25-26-27-28-29-30-31-32-33-35-37-39-41-43-45-47-49-56(61)67-54(53-66-58(57(62)63)64-51-50-59(3,4)5)52-65-55(60)48-46-44-42-40-38-36-34-21-19-17-15-13-11-9-7-2/h18,20-21,23-24,34,54,58H,6-17,19,22,25-33,35-53H2,1-5H3/b20-18-,24-23-,34-21-. The van der Waals surface area contributed by atoms with Crippen molar-refractivity contribution in [2.45, 2.75) is 270 Å². The lowest BCUT2D eigenvalue weighted by molar-refractivity contribution is -0.870. The number of allylic oxidation sites excluding steroid dienone is 6. The second-order valence-electron chi connectivity index (χ2n) is 20.2. The molecule has 0 amide bonds. The van der Waals surface area contributed by atoms with Crippen LogP contribution < -0.4 is 5.11 Å². The molecule has 9 nitrogen and oxygen atoms in total. The second kappa shape index (κ2) is 49.9. The number of hydrogen-bond acceptors (Lipinski definition) is 8. The molecule has 392 valence electrons. The van der Waals surface area contributed by atoms with Crippen molar-refractivity contribution in [3.8, 4) is 0 Å². The number of esters is 2. The highest BCUT2D eigenvalue weighted by molar-refractivity contribution is 5.70. The number of carboxylic acids is 1. The minimum atomic E-state index is -1.62. The van der Waals surface area contributed by atoms with Crippen LogP contribution in [0.1, 0.15) is 258 Å². The Bertz CT molecular complexity index is 1190. The summed E-state index contributed by atoms with van der Waals surface area (Å²) in [7, 11) is 5.92. The Hall–Kier alpha value is -2.49. The highest BCUT2D eigenvalue weighted by atomic mass is 16.7.